The van der Waals surface area contributed by atoms with E-state index in [4.69, 9.17) is 4.74 Å². The molecule has 2 saturated carbocycles. The number of rotatable bonds is 17. The molecule has 2 aromatic rings. The normalized spacial score (nSPS) is 24.8. The molecule has 11 heteroatoms. The summed E-state index contributed by atoms with van der Waals surface area (Å²) in [6, 6.07) is 14.9. The second-order valence-electron chi connectivity index (χ2n) is 15.4. The van der Waals surface area contributed by atoms with Crippen molar-refractivity contribution < 1.29 is 23.9 Å². The predicted octanol–water partition coefficient (Wildman–Crippen LogP) is 6.01. The van der Waals surface area contributed by atoms with Crippen molar-refractivity contribution in [2.24, 2.45) is 28.8 Å². The predicted molar refractivity (Wildman–Crippen MR) is 195 cm³/mol. The van der Waals surface area contributed by atoms with Crippen LogP contribution in [0.25, 0.3) is 10.4 Å². The summed E-state index contributed by atoms with van der Waals surface area (Å²) in [5, 5.41) is 12.7. The average molecular weight is 699 g/mol. The Hall–Kier alpha value is -4.21. The third kappa shape index (κ3) is 10.7. The minimum atomic E-state index is -1.06. The molecule has 0 bridgehead atoms. The van der Waals surface area contributed by atoms with Crippen LogP contribution in [-0.4, -0.2) is 59.9 Å². The summed E-state index contributed by atoms with van der Waals surface area (Å²) in [5.74, 6) is -0.186. The van der Waals surface area contributed by atoms with E-state index in [2.05, 4.69) is 26.0 Å². The minimum absolute atomic E-state index is 0.127. The van der Waals surface area contributed by atoms with Gasteiger partial charge in [0.25, 0.3) is 0 Å². The van der Waals surface area contributed by atoms with Gasteiger partial charge in [0.2, 0.25) is 17.7 Å². The van der Waals surface area contributed by atoms with Crippen molar-refractivity contribution in [1.82, 2.24) is 16.0 Å². The number of fused-ring (bicyclic) bond motifs is 1. The van der Waals surface area contributed by atoms with Crippen molar-refractivity contribution >= 4 is 23.5 Å². The summed E-state index contributed by atoms with van der Waals surface area (Å²) in [6.07, 6.45) is 9.18. The molecule has 0 aromatic heterocycles. The molecule has 51 heavy (non-hydrogen) atoms. The number of nitrogens with one attached hydrogen (secondary N) is 3. The number of hydrogen-bond acceptors (Lipinski definition) is 6. The minimum Gasteiger partial charge on any atom is -0.361 e. The molecule has 2 aromatic carbocycles. The standard InChI is InChI=1S/C40H54N6O5/c1-26(2)21-32(36(47)40(3)25-51-40)42-37(48)33(22-27-13-6-4-7-14-27)43-38(49)34(24-30-19-12-18-29-17-10-11-20-31(29)30)44-39(50)35(45-46-41)23-28-15-8-5-9-16-28/h4-9,13-16,26,29-35H,10-12,17-25H2,1-3H3,(H,42,48)(H,43,49)(H,44,50)/t29?,30?,31?,32-,33-,34-,35-,40+/m0/s1. The highest BCUT2D eigenvalue weighted by Crippen LogP contribution is 2.45. The maximum atomic E-state index is 14.4. The number of carbonyl (C=O) groups is 4. The van der Waals surface area contributed by atoms with E-state index in [1.54, 1.807) is 6.92 Å². The lowest BCUT2D eigenvalue weighted by molar-refractivity contribution is -0.135. The van der Waals surface area contributed by atoms with Gasteiger partial charge in [0.05, 0.1) is 12.6 Å². The maximum absolute atomic E-state index is 14.4. The van der Waals surface area contributed by atoms with Crippen molar-refractivity contribution in [1.29, 1.82) is 0 Å². The Kier molecular flexibility index (Phi) is 13.3. The van der Waals surface area contributed by atoms with Crippen molar-refractivity contribution in [2.45, 2.75) is 121 Å². The Morgan fingerprint density at radius 1 is 0.804 bits per heavy atom. The number of epoxide rings is 1. The molecule has 3 aliphatic rings. The van der Waals surface area contributed by atoms with Gasteiger partial charge in [0.1, 0.15) is 23.7 Å². The lowest BCUT2D eigenvalue weighted by Crippen LogP contribution is -2.58. The number of hydrogen-bond donors (Lipinski definition) is 3. The highest BCUT2D eigenvalue weighted by Gasteiger charge is 2.50. The Bertz CT molecular complexity index is 1540. The van der Waals surface area contributed by atoms with Gasteiger partial charge < -0.3 is 20.7 Å². The fourth-order valence-electron chi connectivity index (χ4n) is 8.18. The average Bonchev–Trinajstić information content (AvgIpc) is 3.89. The summed E-state index contributed by atoms with van der Waals surface area (Å²) < 4.78 is 5.43. The van der Waals surface area contributed by atoms with Gasteiger partial charge in [0, 0.05) is 11.3 Å². The Morgan fingerprint density at radius 2 is 1.37 bits per heavy atom. The van der Waals surface area contributed by atoms with Crippen molar-refractivity contribution in [2.75, 3.05) is 6.61 Å². The summed E-state index contributed by atoms with van der Waals surface area (Å²) in [6.45, 7) is 6.02. The largest absolute Gasteiger partial charge is 0.361 e. The van der Waals surface area contributed by atoms with Crippen molar-refractivity contribution in [3.05, 3.63) is 82.2 Å². The molecule has 11 nitrogen and oxygen atoms in total. The van der Waals surface area contributed by atoms with E-state index < -0.39 is 47.5 Å². The highest BCUT2D eigenvalue weighted by atomic mass is 16.6. The Balaban J connectivity index is 1.39. The second-order valence-corrected chi connectivity index (χ2v) is 15.4. The first-order valence-electron chi connectivity index (χ1n) is 18.8. The summed E-state index contributed by atoms with van der Waals surface area (Å²) in [7, 11) is 0. The van der Waals surface area contributed by atoms with Gasteiger partial charge in [-0.25, -0.2) is 0 Å². The van der Waals surface area contributed by atoms with Gasteiger partial charge in [-0.15, -0.1) is 0 Å². The molecule has 0 radical (unpaired) electrons. The fraction of sp³-hybridized carbons (Fsp3) is 0.600. The van der Waals surface area contributed by atoms with Gasteiger partial charge in [-0.1, -0.05) is 118 Å². The molecule has 5 rings (SSSR count). The van der Waals surface area contributed by atoms with Gasteiger partial charge >= 0.3 is 0 Å². The number of carbonyl (C=O) groups excluding carboxylic acids is 4. The fourth-order valence-corrected chi connectivity index (χ4v) is 8.18. The monoisotopic (exact) mass is 698 g/mol. The smallest absolute Gasteiger partial charge is 0.243 e. The summed E-state index contributed by atoms with van der Waals surface area (Å²) in [4.78, 5) is 58.7. The molecule has 1 aliphatic heterocycles. The highest BCUT2D eigenvalue weighted by molar-refractivity contribution is 5.98. The van der Waals surface area contributed by atoms with Gasteiger partial charge in [-0.3, -0.25) is 19.2 Å². The number of nitrogens with zero attached hydrogens (tertiary/aromatic N) is 3. The van der Waals surface area contributed by atoms with Crippen LogP contribution in [0.3, 0.4) is 0 Å². The number of ether oxygens (including phenoxy) is 1. The number of azide groups is 1. The zero-order valence-corrected chi connectivity index (χ0v) is 30.3. The Morgan fingerprint density at radius 3 is 2.00 bits per heavy atom. The van der Waals surface area contributed by atoms with Crippen LogP contribution >= 0.6 is 0 Å². The molecule has 0 spiro atoms. The SMILES string of the molecule is CC(C)C[C@H](NC(=O)[C@H](Cc1ccccc1)NC(=O)[C@H](CC1CCCC2CCCCC21)NC(=O)[C@H](Cc1ccccc1)N=[N+]=[N-])C(=O)[C@@]1(C)CO1. The molecule has 1 heterocycles. The van der Waals surface area contributed by atoms with Crippen LogP contribution in [0.5, 0.6) is 0 Å². The lowest BCUT2D eigenvalue weighted by atomic mass is 9.64. The summed E-state index contributed by atoms with van der Waals surface area (Å²) >= 11 is 0. The van der Waals surface area contributed by atoms with Crippen LogP contribution < -0.4 is 16.0 Å². The molecular formula is C40H54N6O5. The first-order chi connectivity index (χ1) is 24.6. The molecule has 274 valence electrons. The number of benzene rings is 2. The van der Waals surface area contributed by atoms with E-state index in [0.717, 1.165) is 36.8 Å². The van der Waals surface area contributed by atoms with Crippen LogP contribution in [-0.2, 0) is 36.8 Å². The molecule has 3 N–H and O–H groups in total. The van der Waals surface area contributed by atoms with Crippen LogP contribution in [0.15, 0.2) is 65.8 Å². The van der Waals surface area contributed by atoms with E-state index in [9.17, 15) is 24.7 Å². The van der Waals surface area contributed by atoms with E-state index in [-0.39, 0.29) is 30.5 Å². The van der Waals surface area contributed by atoms with Gasteiger partial charge in [-0.05, 0) is 72.9 Å². The van der Waals surface area contributed by atoms with E-state index in [1.165, 1.54) is 19.3 Å². The lowest BCUT2D eigenvalue weighted by Gasteiger charge is -2.42. The first-order valence-corrected chi connectivity index (χ1v) is 18.8. The van der Waals surface area contributed by atoms with E-state index >= 15 is 0 Å². The van der Waals surface area contributed by atoms with Crippen LogP contribution in [0.4, 0.5) is 0 Å². The molecule has 1 saturated heterocycles. The van der Waals surface area contributed by atoms with Crippen LogP contribution in [0, 0.1) is 23.7 Å². The Labute approximate surface area is 301 Å². The quantitative estimate of drug-likeness (QED) is 0.0796. The van der Waals surface area contributed by atoms with E-state index in [1.807, 2.05) is 74.5 Å². The van der Waals surface area contributed by atoms with Crippen LogP contribution in [0.2, 0.25) is 0 Å². The second kappa shape index (κ2) is 17.8. The first kappa shape index (κ1) is 38.0. The van der Waals surface area contributed by atoms with Gasteiger partial charge in [0.15, 0.2) is 5.78 Å². The van der Waals surface area contributed by atoms with E-state index in [0.29, 0.717) is 31.3 Å². The molecular weight excluding hydrogens is 644 g/mol. The zero-order chi connectivity index (χ0) is 36.4. The van der Waals surface area contributed by atoms with Gasteiger partial charge in [-0.2, -0.15) is 0 Å². The summed E-state index contributed by atoms with van der Waals surface area (Å²) in [5.41, 5.74) is 10.1. The zero-order valence-electron chi connectivity index (χ0n) is 30.3. The molecule has 3 fully saturated rings. The molecule has 3 amide bonds. The number of amides is 3. The molecule has 2 aliphatic carbocycles. The topological polar surface area (TPSA) is 166 Å². The molecule has 8 atom stereocenters. The van der Waals surface area contributed by atoms with Crippen LogP contribution in [0.1, 0.15) is 89.7 Å². The third-order valence-corrected chi connectivity index (χ3v) is 11.0. The third-order valence-electron chi connectivity index (χ3n) is 11.0. The molecule has 3 unspecified atom stereocenters. The van der Waals surface area contributed by atoms with Crippen molar-refractivity contribution in [3.8, 4) is 0 Å². The number of ketones is 1. The van der Waals surface area contributed by atoms with Crippen molar-refractivity contribution in [3.63, 3.8) is 0 Å². The maximum Gasteiger partial charge on any atom is 0.243 e. The number of Topliss-reactive ketones (excluding diaryl/α,β-unsaturated/α-hetero) is 1.